The Kier molecular flexibility index (Phi) is 5.38. The number of hydrogen-bond donors (Lipinski definition) is 0. The molecule has 2 aromatic carbocycles. The van der Waals surface area contributed by atoms with Gasteiger partial charge in [0, 0.05) is 37.3 Å². The second-order valence-corrected chi connectivity index (χ2v) is 8.51. The number of aryl methyl sites for hydroxylation is 2. The van der Waals surface area contributed by atoms with E-state index < -0.39 is 0 Å². The highest BCUT2D eigenvalue weighted by atomic mass is 35.5. The van der Waals surface area contributed by atoms with Crippen molar-refractivity contribution in [2.24, 2.45) is 0 Å². The van der Waals surface area contributed by atoms with E-state index in [2.05, 4.69) is 30.9 Å². The molecule has 6 heteroatoms. The SMILES string of the molecule is Cc1cc(C)c2nc(N3CCN(C(=O)/C=C/c4ccccc4Cl)CC3)sc2c1. The Morgan fingerprint density at radius 2 is 1.89 bits per heavy atom. The highest BCUT2D eigenvalue weighted by Gasteiger charge is 2.22. The van der Waals surface area contributed by atoms with Crippen molar-refractivity contribution in [2.45, 2.75) is 13.8 Å². The molecule has 144 valence electrons. The van der Waals surface area contributed by atoms with Gasteiger partial charge >= 0.3 is 0 Å². The molecule has 4 nitrogen and oxygen atoms in total. The van der Waals surface area contributed by atoms with Gasteiger partial charge in [-0.2, -0.15) is 0 Å². The maximum absolute atomic E-state index is 12.5. The van der Waals surface area contributed by atoms with Gasteiger partial charge in [-0.3, -0.25) is 4.79 Å². The smallest absolute Gasteiger partial charge is 0.246 e. The first kappa shape index (κ1) is 19.0. The van der Waals surface area contributed by atoms with Gasteiger partial charge in [0.15, 0.2) is 5.13 Å². The molecule has 1 saturated heterocycles. The number of carbonyl (C=O) groups excluding carboxylic acids is 1. The molecule has 0 aliphatic carbocycles. The van der Waals surface area contributed by atoms with Crippen LogP contribution in [0.5, 0.6) is 0 Å². The summed E-state index contributed by atoms with van der Waals surface area (Å²) in [4.78, 5) is 21.5. The third-order valence-electron chi connectivity index (χ3n) is 4.99. The lowest BCUT2D eigenvalue weighted by Gasteiger charge is -2.34. The zero-order chi connectivity index (χ0) is 19.7. The molecule has 1 fully saturated rings. The summed E-state index contributed by atoms with van der Waals surface area (Å²) in [7, 11) is 0. The van der Waals surface area contributed by atoms with Crippen LogP contribution in [0.1, 0.15) is 16.7 Å². The van der Waals surface area contributed by atoms with Crippen molar-refractivity contribution in [3.63, 3.8) is 0 Å². The van der Waals surface area contributed by atoms with Crippen molar-refractivity contribution in [1.82, 2.24) is 9.88 Å². The van der Waals surface area contributed by atoms with E-state index in [4.69, 9.17) is 16.6 Å². The molecular weight excluding hydrogens is 390 g/mol. The minimum absolute atomic E-state index is 0.0235. The highest BCUT2D eigenvalue weighted by molar-refractivity contribution is 7.22. The van der Waals surface area contributed by atoms with Gasteiger partial charge in [-0.1, -0.05) is 47.2 Å². The highest BCUT2D eigenvalue weighted by Crippen LogP contribution is 2.32. The number of hydrogen-bond acceptors (Lipinski definition) is 4. The quantitative estimate of drug-likeness (QED) is 0.573. The fourth-order valence-corrected chi connectivity index (χ4v) is 4.88. The summed E-state index contributed by atoms with van der Waals surface area (Å²) in [6, 6.07) is 11.9. The lowest BCUT2D eigenvalue weighted by Crippen LogP contribution is -2.48. The molecule has 0 spiro atoms. The zero-order valence-corrected chi connectivity index (χ0v) is 17.6. The first-order chi connectivity index (χ1) is 13.5. The topological polar surface area (TPSA) is 36.4 Å². The Balaban J connectivity index is 1.41. The van der Waals surface area contributed by atoms with E-state index in [1.807, 2.05) is 29.2 Å². The molecule has 0 unspecified atom stereocenters. The Hall–Kier alpha value is -2.37. The summed E-state index contributed by atoms with van der Waals surface area (Å²) in [6.07, 6.45) is 3.40. The van der Waals surface area contributed by atoms with E-state index in [0.29, 0.717) is 18.1 Å². The van der Waals surface area contributed by atoms with Gasteiger partial charge in [0.2, 0.25) is 5.91 Å². The lowest BCUT2D eigenvalue weighted by molar-refractivity contribution is -0.126. The number of carbonyl (C=O) groups is 1. The maximum Gasteiger partial charge on any atom is 0.246 e. The predicted octanol–water partition coefficient (Wildman–Crippen LogP) is 4.93. The minimum atomic E-state index is 0.0235. The van der Waals surface area contributed by atoms with Crippen molar-refractivity contribution in [3.8, 4) is 0 Å². The van der Waals surface area contributed by atoms with Gasteiger partial charge in [-0.25, -0.2) is 4.98 Å². The number of halogens is 1. The number of amides is 1. The van der Waals surface area contributed by atoms with Crippen LogP contribution in [0.15, 0.2) is 42.5 Å². The largest absolute Gasteiger partial charge is 0.345 e. The molecule has 0 atom stereocenters. The number of anilines is 1. The Labute approximate surface area is 174 Å². The number of nitrogens with zero attached hydrogens (tertiary/aromatic N) is 3. The van der Waals surface area contributed by atoms with Crippen LogP contribution in [0.3, 0.4) is 0 Å². The van der Waals surface area contributed by atoms with Gasteiger partial charge in [0.1, 0.15) is 0 Å². The predicted molar refractivity (Wildman–Crippen MR) is 118 cm³/mol. The van der Waals surface area contributed by atoms with Crippen molar-refractivity contribution >= 4 is 50.3 Å². The number of rotatable bonds is 3. The van der Waals surface area contributed by atoms with E-state index in [1.54, 1.807) is 23.5 Å². The van der Waals surface area contributed by atoms with Crippen molar-refractivity contribution in [2.75, 3.05) is 31.1 Å². The zero-order valence-electron chi connectivity index (χ0n) is 16.0. The fourth-order valence-electron chi connectivity index (χ4n) is 3.49. The number of piperazine rings is 1. The average Bonchev–Trinajstić information content (AvgIpc) is 3.11. The first-order valence-corrected chi connectivity index (χ1v) is 10.5. The van der Waals surface area contributed by atoms with E-state index in [9.17, 15) is 4.79 Å². The van der Waals surface area contributed by atoms with Crippen LogP contribution in [-0.2, 0) is 4.79 Å². The third-order valence-corrected chi connectivity index (χ3v) is 6.40. The van der Waals surface area contributed by atoms with Crippen LogP contribution in [0.25, 0.3) is 16.3 Å². The Bertz CT molecular complexity index is 1050. The van der Waals surface area contributed by atoms with E-state index in [1.165, 1.54) is 15.8 Å². The molecule has 0 bridgehead atoms. The Morgan fingerprint density at radius 3 is 2.64 bits per heavy atom. The number of aromatic nitrogens is 1. The van der Waals surface area contributed by atoms with Crippen LogP contribution in [0.2, 0.25) is 5.02 Å². The lowest BCUT2D eigenvalue weighted by atomic mass is 10.1. The summed E-state index contributed by atoms with van der Waals surface area (Å²) in [6.45, 7) is 7.21. The summed E-state index contributed by atoms with van der Waals surface area (Å²) in [5.74, 6) is 0.0235. The van der Waals surface area contributed by atoms with Gasteiger partial charge in [0.05, 0.1) is 10.2 Å². The number of fused-ring (bicyclic) bond motifs is 1. The minimum Gasteiger partial charge on any atom is -0.345 e. The average molecular weight is 412 g/mol. The molecule has 1 aliphatic heterocycles. The van der Waals surface area contributed by atoms with E-state index in [0.717, 1.165) is 29.3 Å². The number of benzene rings is 2. The maximum atomic E-state index is 12.5. The second kappa shape index (κ2) is 7.94. The summed E-state index contributed by atoms with van der Waals surface area (Å²) >= 11 is 7.88. The normalized spacial score (nSPS) is 15.0. The van der Waals surface area contributed by atoms with Crippen LogP contribution < -0.4 is 4.90 Å². The fraction of sp³-hybridized carbons (Fsp3) is 0.273. The number of thiazole rings is 1. The molecule has 0 saturated carbocycles. The molecule has 3 aromatic rings. The third kappa shape index (κ3) is 3.91. The van der Waals surface area contributed by atoms with Crippen molar-refractivity contribution in [3.05, 3.63) is 64.2 Å². The first-order valence-electron chi connectivity index (χ1n) is 9.35. The molecule has 4 rings (SSSR count). The van der Waals surface area contributed by atoms with Gasteiger partial charge < -0.3 is 9.80 Å². The van der Waals surface area contributed by atoms with Crippen LogP contribution in [0.4, 0.5) is 5.13 Å². The second-order valence-electron chi connectivity index (χ2n) is 7.09. The molecule has 28 heavy (non-hydrogen) atoms. The molecule has 0 radical (unpaired) electrons. The standard InChI is InChI=1S/C22H22ClN3OS/c1-15-13-16(2)21-19(14-15)28-22(24-21)26-11-9-25(10-12-26)20(27)8-7-17-5-3-4-6-18(17)23/h3-8,13-14H,9-12H2,1-2H3/b8-7+. The Morgan fingerprint density at radius 1 is 1.14 bits per heavy atom. The summed E-state index contributed by atoms with van der Waals surface area (Å²) < 4.78 is 1.23. The molecule has 2 heterocycles. The van der Waals surface area contributed by atoms with Crippen LogP contribution in [-0.4, -0.2) is 42.0 Å². The molecular formula is C22H22ClN3OS. The molecule has 1 aromatic heterocycles. The molecule has 1 aliphatic rings. The molecule has 0 N–H and O–H groups in total. The van der Waals surface area contributed by atoms with Crippen molar-refractivity contribution in [1.29, 1.82) is 0 Å². The van der Waals surface area contributed by atoms with Gasteiger partial charge in [-0.05, 0) is 48.7 Å². The summed E-state index contributed by atoms with van der Waals surface area (Å²) in [5.41, 5.74) is 4.43. The van der Waals surface area contributed by atoms with E-state index >= 15 is 0 Å². The van der Waals surface area contributed by atoms with Crippen LogP contribution in [0, 0.1) is 13.8 Å². The van der Waals surface area contributed by atoms with E-state index in [-0.39, 0.29) is 5.91 Å². The van der Waals surface area contributed by atoms with Gasteiger partial charge in [-0.15, -0.1) is 0 Å². The monoisotopic (exact) mass is 411 g/mol. The molecule has 1 amide bonds. The van der Waals surface area contributed by atoms with Gasteiger partial charge in [0.25, 0.3) is 0 Å². The van der Waals surface area contributed by atoms with Crippen molar-refractivity contribution < 1.29 is 4.79 Å². The summed E-state index contributed by atoms with van der Waals surface area (Å²) in [5, 5.41) is 1.69. The van der Waals surface area contributed by atoms with Crippen LogP contribution >= 0.6 is 22.9 Å².